The Kier molecular flexibility index (Phi) is 5.12. The number of allylic oxidation sites excluding steroid dienone is 1. The summed E-state index contributed by atoms with van der Waals surface area (Å²) in [5, 5.41) is 10.2. The summed E-state index contributed by atoms with van der Waals surface area (Å²) in [7, 11) is 0. The molecule has 7 nitrogen and oxygen atoms in total. The van der Waals surface area contributed by atoms with E-state index >= 15 is 0 Å². The fraction of sp³-hybridized carbons (Fsp3) is 0.0833. The van der Waals surface area contributed by atoms with Gasteiger partial charge in [0.1, 0.15) is 11.0 Å². The number of carboxylic acid groups (broad SMARTS) is 1. The van der Waals surface area contributed by atoms with Crippen molar-refractivity contribution in [2.45, 2.75) is 6.42 Å². The van der Waals surface area contributed by atoms with Crippen molar-refractivity contribution in [3.8, 4) is 11.5 Å². The Bertz CT molecular complexity index is 1380. The molecule has 1 aliphatic rings. The maximum absolute atomic E-state index is 13.6. The predicted molar refractivity (Wildman–Crippen MR) is 119 cm³/mol. The average Bonchev–Trinajstić information content (AvgIpc) is 3.47. The van der Waals surface area contributed by atoms with Crippen LogP contribution in [0.5, 0.6) is 11.5 Å². The maximum Gasteiger partial charge on any atom is 0.336 e. The van der Waals surface area contributed by atoms with Gasteiger partial charge in [-0.15, -0.1) is 0 Å². The van der Waals surface area contributed by atoms with Crippen LogP contribution >= 0.6 is 11.7 Å². The van der Waals surface area contributed by atoms with E-state index in [0.717, 1.165) is 17.3 Å². The lowest BCUT2D eigenvalue weighted by molar-refractivity contribution is -0.130. The van der Waals surface area contributed by atoms with E-state index in [2.05, 4.69) is 8.75 Å². The van der Waals surface area contributed by atoms with Gasteiger partial charge in [-0.25, -0.2) is 4.79 Å². The molecule has 2 heterocycles. The lowest BCUT2D eigenvalue weighted by Gasteiger charge is -2.13. The molecule has 1 N–H and O–H groups in total. The summed E-state index contributed by atoms with van der Waals surface area (Å²) < 4.78 is 19.1. The molecule has 4 aromatic rings. The average molecular weight is 444 g/mol. The first-order valence-corrected chi connectivity index (χ1v) is 10.5. The van der Waals surface area contributed by atoms with Gasteiger partial charge in [-0.3, -0.25) is 4.79 Å². The van der Waals surface area contributed by atoms with Crippen molar-refractivity contribution >= 4 is 40.1 Å². The Morgan fingerprint density at radius 2 is 1.62 bits per heavy atom. The molecule has 0 radical (unpaired) electrons. The van der Waals surface area contributed by atoms with E-state index in [9.17, 15) is 14.7 Å². The van der Waals surface area contributed by atoms with Crippen molar-refractivity contribution in [3.63, 3.8) is 0 Å². The molecule has 8 heteroatoms. The Labute approximate surface area is 186 Å². The smallest absolute Gasteiger partial charge is 0.336 e. The first-order valence-electron chi connectivity index (χ1n) is 9.77. The van der Waals surface area contributed by atoms with Crippen LogP contribution in [0.25, 0.3) is 16.6 Å². The highest BCUT2D eigenvalue weighted by Gasteiger charge is 2.26. The highest BCUT2D eigenvalue weighted by Crippen LogP contribution is 2.34. The van der Waals surface area contributed by atoms with Gasteiger partial charge >= 0.3 is 5.97 Å². The van der Waals surface area contributed by atoms with Gasteiger partial charge in [0.15, 0.2) is 17.3 Å². The molecular formula is C24H16N2O5S. The van der Waals surface area contributed by atoms with E-state index in [-0.39, 0.29) is 30.1 Å². The zero-order chi connectivity index (χ0) is 22.1. The molecule has 158 valence electrons. The number of hydrogen-bond acceptors (Lipinski definition) is 7. The van der Waals surface area contributed by atoms with Crippen molar-refractivity contribution in [1.82, 2.24) is 8.75 Å². The normalized spacial score (nSPS) is 13.1. The molecule has 0 saturated heterocycles. The van der Waals surface area contributed by atoms with E-state index in [1.165, 1.54) is 0 Å². The van der Waals surface area contributed by atoms with Gasteiger partial charge in [0.25, 0.3) is 0 Å². The molecule has 0 amide bonds. The topological polar surface area (TPSA) is 98.6 Å². The van der Waals surface area contributed by atoms with E-state index in [0.29, 0.717) is 33.7 Å². The molecular weight excluding hydrogens is 428 g/mol. The highest BCUT2D eigenvalue weighted by atomic mass is 32.1. The van der Waals surface area contributed by atoms with Gasteiger partial charge in [-0.2, -0.15) is 8.75 Å². The maximum atomic E-state index is 13.6. The van der Waals surface area contributed by atoms with Gasteiger partial charge in [0, 0.05) is 17.6 Å². The number of carboxylic acids is 1. The molecule has 0 atom stereocenters. The number of aliphatic carboxylic acids is 1. The molecule has 0 unspecified atom stereocenters. The van der Waals surface area contributed by atoms with Gasteiger partial charge in [-0.1, -0.05) is 36.4 Å². The summed E-state index contributed by atoms with van der Waals surface area (Å²) in [4.78, 5) is 26.1. The number of carbonyl (C=O) groups excluding carboxylic acids is 1. The second-order valence-corrected chi connectivity index (χ2v) is 7.71. The minimum absolute atomic E-state index is 0.0635. The third-order valence-electron chi connectivity index (χ3n) is 5.19. The number of carbonyl (C=O) groups is 2. The van der Waals surface area contributed by atoms with Crippen molar-refractivity contribution < 1.29 is 24.2 Å². The second kappa shape index (κ2) is 8.24. The number of rotatable bonds is 6. The number of fused-ring (bicyclic) bond motifs is 2. The zero-order valence-corrected chi connectivity index (χ0v) is 17.5. The summed E-state index contributed by atoms with van der Waals surface area (Å²) in [6.07, 6.45) is 0.156. The van der Waals surface area contributed by atoms with E-state index in [1.54, 1.807) is 36.4 Å². The number of benzene rings is 3. The van der Waals surface area contributed by atoms with Crippen LogP contribution in [0.15, 0.2) is 72.3 Å². The third kappa shape index (κ3) is 3.72. The highest BCUT2D eigenvalue weighted by molar-refractivity contribution is 7.00. The first kappa shape index (κ1) is 19.9. The summed E-state index contributed by atoms with van der Waals surface area (Å²) in [6.45, 7) is 0.0851. The summed E-state index contributed by atoms with van der Waals surface area (Å²) >= 11 is 1.05. The molecule has 0 bridgehead atoms. The SMILES string of the molecule is O=C(O)C(=C(Cc1ccccc1)C(=O)c1ccc2c(c1)OCO2)c1ccc2nsnc2c1. The largest absolute Gasteiger partial charge is 0.478 e. The Morgan fingerprint density at radius 3 is 2.44 bits per heavy atom. The molecule has 3 aromatic carbocycles. The molecule has 0 saturated carbocycles. The van der Waals surface area contributed by atoms with Crippen LogP contribution < -0.4 is 9.47 Å². The van der Waals surface area contributed by atoms with Gasteiger partial charge in [-0.05, 0) is 41.5 Å². The first-order chi connectivity index (χ1) is 15.6. The molecule has 5 rings (SSSR count). The number of Topliss-reactive ketones (excluding diaryl/α,β-unsaturated/α-hetero) is 1. The van der Waals surface area contributed by atoms with Crippen LogP contribution in [-0.4, -0.2) is 32.4 Å². The van der Waals surface area contributed by atoms with Crippen LogP contribution in [0.4, 0.5) is 0 Å². The zero-order valence-electron chi connectivity index (χ0n) is 16.6. The van der Waals surface area contributed by atoms with Crippen LogP contribution in [0.3, 0.4) is 0 Å². The fourth-order valence-electron chi connectivity index (χ4n) is 3.66. The number of ether oxygens (including phenoxy) is 2. The summed E-state index contributed by atoms with van der Waals surface area (Å²) in [6, 6.07) is 19.2. The van der Waals surface area contributed by atoms with Crippen LogP contribution in [0.2, 0.25) is 0 Å². The number of ketones is 1. The minimum atomic E-state index is -1.19. The van der Waals surface area contributed by atoms with E-state index < -0.39 is 5.97 Å². The van der Waals surface area contributed by atoms with Crippen LogP contribution in [0.1, 0.15) is 21.5 Å². The predicted octanol–water partition coefficient (Wildman–Crippen LogP) is 4.38. The second-order valence-electron chi connectivity index (χ2n) is 7.19. The number of nitrogens with zero attached hydrogens (tertiary/aromatic N) is 2. The van der Waals surface area contributed by atoms with E-state index in [4.69, 9.17) is 9.47 Å². The fourth-order valence-corrected chi connectivity index (χ4v) is 4.18. The van der Waals surface area contributed by atoms with Crippen molar-refractivity contribution in [2.24, 2.45) is 0 Å². The van der Waals surface area contributed by atoms with Crippen molar-refractivity contribution in [3.05, 3.63) is 89.0 Å². The minimum Gasteiger partial charge on any atom is -0.478 e. The van der Waals surface area contributed by atoms with Crippen molar-refractivity contribution in [2.75, 3.05) is 6.79 Å². The van der Waals surface area contributed by atoms with Crippen molar-refractivity contribution in [1.29, 1.82) is 0 Å². The molecule has 32 heavy (non-hydrogen) atoms. The van der Waals surface area contributed by atoms with E-state index in [1.807, 2.05) is 30.3 Å². The Hall–Kier alpha value is -4.04. The monoisotopic (exact) mass is 444 g/mol. The molecule has 0 spiro atoms. The Morgan fingerprint density at radius 1 is 0.875 bits per heavy atom. The lowest BCUT2D eigenvalue weighted by Crippen LogP contribution is -2.14. The number of aromatic nitrogens is 2. The lowest BCUT2D eigenvalue weighted by atomic mass is 9.89. The van der Waals surface area contributed by atoms with Crippen LogP contribution in [0, 0.1) is 0 Å². The van der Waals surface area contributed by atoms with Gasteiger partial charge in [0.2, 0.25) is 6.79 Å². The summed E-state index contributed by atoms with van der Waals surface area (Å²) in [5.41, 5.74) is 2.92. The molecule has 1 aliphatic heterocycles. The summed E-state index contributed by atoms with van der Waals surface area (Å²) in [5.74, 6) is -0.564. The third-order valence-corrected chi connectivity index (χ3v) is 5.75. The quantitative estimate of drug-likeness (QED) is 0.348. The number of hydrogen-bond donors (Lipinski definition) is 1. The molecule has 0 fully saturated rings. The molecule has 1 aromatic heterocycles. The Balaban J connectivity index is 1.68. The standard InChI is InChI=1S/C24H16N2O5S/c27-23(16-7-9-20-21(12-16)31-13-30-20)17(10-14-4-2-1-3-5-14)22(24(28)29)15-6-8-18-19(11-15)26-32-25-18/h1-9,11-12H,10,13H2,(H,28,29). The van der Waals surface area contributed by atoms with Gasteiger partial charge in [0.05, 0.1) is 17.3 Å². The van der Waals surface area contributed by atoms with Gasteiger partial charge < -0.3 is 14.6 Å². The van der Waals surface area contributed by atoms with Crippen LogP contribution in [-0.2, 0) is 11.2 Å². The molecule has 0 aliphatic carbocycles.